The lowest BCUT2D eigenvalue weighted by Gasteiger charge is -2.24. The Morgan fingerprint density at radius 3 is 2.27 bits per heavy atom. The number of nitrogens with two attached hydrogens (primary N) is 1. The van der Waals surface area contributed by atoms with E-state index in [1.165, 1.54) is 17.8 Å². The molecule has 0 spiro atoms. The van der Waals surface area contributed by atoms with Crippen molar-refractivity contribution in [2.75, 3.05) is 17.8 Å². The summed E-state index contributed by atoms with van der Waals surface area (Å²) in [5, 5.41) is 17.0. The first-order chi connectivity index (χ1) is 15.6. The average Bonchev–Trinajstić information content (AvgIpc) is 2.78. The van der Waals surface area contributed by atoms with Crippen LogP contribution in [0.25, 0.3) is 6.08 Å². The Balaban J connectivity index is 3.17. The number of thiol groups is 1. The molecule has 0 fully saturated rings. The van der Waals surface area contributed by atoms with Gasteiger partial charge >= 0.3 is 5.97 Å². The summed E-state index contributed by atoms with van der Waals surface area (Å²) in [6.45, 7) is 3.47. The second kappa shape index (κ2) is 14.6. The number of nitrogens with one attached hydrogen (secondary N) is 3. The van der Waals surface area contributed by atoms with Crippen LogP contribution in [0.1, 0.15) is 25.8 Å². The van der Waals surface area contributed by atoms with Gasteiger partial charge in [0.15, 0.2) is 0 Å². The normalized spacial score (nSPS) is 14.2. The van der Waals surface area contributed by atoms with E-state index < -0.39 is 41.8 Å². The summed E-state index contributed by atoms with van der Waals surface area (Å²) < 4.78 is 0. The van der Waals surface area contributed by atoms with Gasteiger partial charge in [-0.15, -0.1) is 0 Å². The van der Waals surface area contributed by atoms with Crippen molar-refractivity contribution in [3.8, 4) is 0 Å². The van der Waals surface area contributed by atoms with Crippen molar-refractivity contribution in [1.82, 2.24) is 16.0 Å². The fourth-order valence-corrected chi connectivity index (χ4v) is 3.33. The molecule has 0 heterocycles. The molecule has 1 rings (SSSR count). The molecule has 0 saturated carbocycles. The summed E-state index contributed by atoms with van der Waals surface area (Å²) in [6.07, 6.45) is 3.50. The molecule has 3 atom stereocenters. The van der Waals surface area contributed by atoms with Gasteiger partial charge in [-0.3, -0.25) is 14.4 Å². The maximum absolute atomic E-state index is 13.0. The maximum Gasteiger partial charge on any atom is 0.326 e. The van der Waals surface area contributed by atoms with Crippen LogP contribution < -0.4 is 21.7 Å². The standard InChI is InChI=1S/C22H32N4O5S2/c1-13(2)18(26-19(27)15(23)12-32)21(29)25-17(11-14-7-5-4-6-8-14)20(28)24-16(22(30)31)9-10-33-3/h4-8,11,13,15-16,18,32H,9-10,12,23H2,1-3H3,(H,24,28)(H,25,29)(H,26,27)(H,30,31)/b17-11-/t15-,16-,18-/m0/s1. The Kier molecular flexibility index (Phi) is 12.6. The van der Waals surface area contributed by atoms with Gasteiger partial charge in [0.05, 0.1) is 6.04 Å². The van der Waals surface area contributed by atoms with Crippen LogP contribution in [-0.2, 0) is 19.2 Å². The summed E-state index contributed by atoms with van der Waals surface area (Å²) in [5.41, 5.74) is 6.17. The largest absolute Gasteiger partial charge is 0.480 e. The predicted octanol–water partition coefficient (Wildman–Crippen LogP) is 0.864. The summed E-state index contributed by atoms with van der Waals surface area (Å²) >= 11 is 5.45. The first kappa shape index (κ1) is 28.5. The van der Waals surface area contributed by atoms with E-state index in [1.54, 1.807) is 44.2 Å². The van der Waals surface area contributed by atoms with E-state index in [1.807, 2.05) is 6.26 Å². The predicted molar refractivity (Wildman–Crippen MR) is 134 cm³/mol. The molecule has 0 radical (unpaired) electrons. The van der Waals surface area contributed by atoms with Crippen molar-refractivity contribution in [2.24, 2.45) is 11.7 Å². The molecule has 1 aromatic rings. The van der Waals surface area contributed by atoms with Crippen LogP contribution >= 0.6 is 24.4 Å². The monoisotopic (exact) mass is 496 g/mol. The molecular formula is C22H32N4O5S2. The highest BCUT2D eigenvalue weighted by Crippen LogP contribution is 2.09. The lowest BCUT2D eigenvalue weighted by atomic mass is 10.0. The minimum Gasteiger partial charge on any atom is -0.480 e. The first-order valence-electron chi connectivity index (χ1n) is 10.4. The molecule has 0 aliphatic carbocycles. The van der Waals surface area contributed by atoms with Crippen LogP contribution in [0.15, 0.2) is 36.0 Å². The zero-order valence-electron chi connectivity index (χ0n) is 18.9. The number of hydrogen-bond donors (Lipinski definition) is 6. The Morgan fingerprint density at radius 2 is 1.76 bits per heavy atom. The van der Waals surface area contributed by atoms with E-state index >= 15 is 0 Å². The molecule has 0 aliphatic rings. The molecule has 33 heavy (non-hydrogen) atoms. The van der Waals surface area contributed by atoms with E-state index in [2.05, 4.69) is 28.6 Å². The quantitative estimate of drug-likeness (QED) is 0.175. The minimum absolute atomic E-state index is 0.104. The molecule has 0 unspecified atom stereocenters. The number of hydrogen-bond acceptors (Lipinski definition) is 7. The van der Waals surface area contributed by atoms with Crippen LogP contribution in [-0.4, -0.2) is 64.7 Å². The minimum atomic E-state index is -1.17. The van der Waals surface area contributed by atoms with Gasteiger partial charge in [0, 0.05) is 5.75 Å². The molecule has 3 amide bonds. The summed E-state index contributed by atoms with van der Waals surface area (Å²) in [4.78, 5) is 49.7. The lowest BCUT2D eigenvalue weighted by molar-refractivity contribution is -0.141. The lowest BCUT2D eigenvalue weighted by Crippen LogP contribution is -2.55. The molecule has 6 N–H and O–H groups in total. The maximum atomic E-state index is 13.0. The number of carbonyl (C=O) groups excluding carboxylic acids is 3. The highest BCUT2D eigenvalue weighted by molar-refractivity contribution is 7.98. The second-order valence-electron chi connectivity index (χ2n) is 7.62. The number of amides is 3. The van der Waals surface area contributed by atoms with Crippen LogP contribution in [0, 0.1) is 5.92 Å². The number of aliphatic carboxylic acids is 1. The molecule has 1 aromatic carbocycles. The van der Waals surface area contributed by atoms with E-state index in [0.29, 0.717) is 11.3 Å². The molecular weight excluding hydrogens is 464 g/mol. The van der Waals surface area contributed by atoms with E-state index in [-0.39, 0.29) is 23.8 Å². The highest BCUT2D eigenvalue weighted by atomic mass is 32.2. The van der Waals surface area contributed by atoms with Crippen molar-refractivity contribution in [2.45, 2.75) is 38.4 Å². The Morgan fingerprint density at radius 1 is 1.12 bits per heavy atom. The SMILES string of the molecule is CSCC[C@H](NC(=O)/C(=C/c1ccccc1)NC(=O)[C@@H](NC(=O)[C@@H](N)CS)C(C)C)C(=O)O. The van der Waals surface area contributed by atoms with Gasteiger partial charge in [0.25, 0.3) is 5.91 Å². The first-order valence-corrected chi connectivity index (χ1v) is 12.4. The molecule has 9 nitrogen and oxygen atoms in total. The molecule has 0 aliphatic heterocycles. The highest BCUT2D eigenvalue weighted by Gasteiger charge is 2.29. The summed E-state index contributed by atoms with van der Waals surface area (Å²) in [6, 6.07) is 5.81. The Hall–Kier alpha value is -2.50. The van der Waals surface area contributed by atoms with Gasteiger partial charge in [-0.1, -0.05) is 44.2 Å². The number of carbonyl (C=O) groups is 4. The van der Waals surface area contributed by atoms with Crippen LogP contribution in [0.5, 0.6) is 0 Å². The van der Waals surface area contributed by atoms with Gasteiger partial charge in [-0.05, 0) is 36.0 Å². The van der Waals surface area contributed by atoms with Gasteiger partial charge < -0.3 is 26.8 Å². The summed E-state index contributed by atoms with van der Waals surface area (Å²) in [5.74, 6) is -2.76. The molecule has 0 saturated heterocycles. The van der Waals surface area contributed by atoms with Crippen LogP contribution in [0.2, 0.25) is 0 Å². The number of carboxylic acid groups (broad SMARTS) is 1. The number of benzene rings is 1. The van der Waals surface area contributed by atoms with Gasteiger partial charge in [-0.2, -0.15) is 24.4 Å². The second-order valence-corrected chi connectivity index (χ2v) is 8.97. The third-order valence-corrected chi connectivity index (χ3v) is 5.64. The Labute approximate surface area is 203 Å². The molecule has 0 aromatic heterocycles. The van der Waals surface area contributed by atoms with Crippen molar-refractivity contribution >= 4 is 54.2 Å². The number of carboxylic acids is 1. The topological polar surface area (TPSA) is 151 Å². The fraction of sp³-hybridized carbons (Fsp3) is 0.455. The van der Waals surface area contributed by atoms with Crippen LogP contribution in [0.3, 0.4) is 0 Å². The average molecular weight is 497 g/mol. The van der Waals surface area contributed by atoms with Crippen LogP contribution in [0.4, 0.5) is 0 Å². The fourth-order valence-electron chi connectivity index (χ4n) is 2.69. The summed E-state index contributed by atoms with van der Waals surface area (Å²) in [7, 11) is 0. The molecule has 182 valence electrons. The van der Waals surface area contributed by atoms with Gasteiger partial charge in [0.1, 0.15) is 17.8 Å². The van der Waals surface area contributed by atoms with Crippen molar-refractivity contribution in [3.05, 3.63) is 41.6 Å². The van der Waals surface area contributed by atoms with Crippen molar-refractivity contribution in [3.63, 3.8) is 0 Å². The van der Waals surface area contributed by atoms with Crippen molar-refractivity contribution < 1.29 is 24.3 Å². The van der Waals surface area contributed by atoms with E-state index in [4.69, 9.17) is 5.73 Å². The molecule has 11 heteroatoms. The van der Waals surface area contributed by atoms with Gasteiger partial charge in [-0.25, -0.2) is 4.79 Å². The van der Waals surface area contributed by atoms with Gasteiger partial charge in [0.2, 0.25) is 11.8 Å². The van der Waals surface area contributed by atoms with E-state index in [0.717, 1.165) is 0 Å². The zero-order valence-corrected chi connectivity index (χ0v) is 20.6. The smallest absolute Gasteiger partial charge is 0.326 e. The third-order valence-electron chi connectivity index (χ3n) is 4.61. The Bertz CT molecular complexity index is 848. The van der Waals surface area contributed by atoms with Crippen molar-refractivity contribution in [1.29, 1.82) is 0 Å². The number of rotatable bonds is 13. The molecule has 0 bridgehead atoms. The zero-order chi connectivity index (χ0) is 25.0. The number of thioether (sulfide) groups is 1. The van der Waals surface area contributed by atoms with E-state index in [9.17, 15) is 24.3 Å². The third kappa shape index (κ3) is 9.89.